The summed E-state index contributed by atoms with van der Waals surface area (Å²) < 4.78 is 7.13. The third-order valence-corrected chi connectivity index (χ3v) is 7.85. The van der Waals surface area contributed by atoms with E-state index in [1.807, 2.05) is 78.0 Å². The molecule has 0 bridgehead atoms. The maximum atomic E-state index is 13.4. The predicted octanol–water partition coefficient (Wildman–Crippen LogP) is 3.59. The minimum absolute atomic E-state index is 0.000190. The van der Waals surface area contributed by atoms with Crippen LogP contribution in [-0.4, -0.2) is 64.5 Å². The van der Waals surface area contributed by atoms with Gasteiger partial charge >= 0.3 is 6.03 Å². The first-order chi connectivity index (χ1) is 17.3. The summed E-state index contributed by atoms with van der Waals surface area (Å²) in [6.45, 7) is 3.25. The Hall–Kier alpha value is -3.81. The van der Waals surface area contributed by atoms with Crippen LogP contribution in [0.1, 0.15) is 35.8 Å². The van der Waals surface area contributed by atoms with Gasteiger partial charge in [-0.2, -0.15) is 0 Å². The summed E-state index contributed by atoms with van der Waals surface area (Å²) >= 11 is 0. The Morgan fingerprint density at radius 3 is 2.44 bits per heavy atom. The molecule has 2 saturated heterocycles. The molecule has 2 aliphatic rings. The van der Waals surface area contributed by atoms with Crippen LogP contribution in [0.5, 0.6) is 5.75 Å². The van der Waals surface area contributed by atoms with Crippen molar-refractivity contribution in [3.63, 3.8) is 0 Å². The van der Waals surface area contributed by atoms with Gasteiger partial charge in [-0.1, -0.05) is 30.3 Å². The van der Waals surface area contributed by atoms with E-state index in [1.165, 1.54) is 4.90 Å². The van der Waals surface area contributed by atoms with Crippen molar-refractivity contribution in [2.75, 3.05) is 26.7 Å². The lowest BCUT2D eigenvalue weighted by molar-refractivity contribution is -0.133. The number of nitrogens with one attached hydrogen (secondary N) is 1. The van der Waals surface area contributed by atoms with Gasteiger partial charge in [0.25, 0.3) is 11.8 Å². The van der Waals surface area contributed by atoms with Crippen LogP contribution >= 0.6 is 0 Å². The topological polar surface area (TPSA) is 83.9 Å². The van der Waals surface area contributed by atoms with E-state index in [9.17, 15) is 14.4 Å². The number of aromatic nitrogens is 1. The van der Waals surface area contributed by atoms with Gasteiger partial charge in [0.2, 0.25) is 0 Å². The predicted molar refractivity (Wildman–Crippen MR) is 137 cm³/mol. The summed E-state index contributed by atoms with van der Waals surface area (Å²) in [6.07, 6.45) is 1.90. The lowest BCUT2D eigenvalue weighted by Gasteiger charge is -2.39. The van der Waals surface area contributed by atoms with Crippen LogP contribution in [0.3, 0.4) is 0 Å². The van der Waals surface area contributed by atoms with Gasteiger partial charge in [0.1, 0.15) is 17.0 Å². The number of benzene rings is 2. The lowest BCUT2D eigenvalue weighted by Crippen LogP contribution is -2.54. The number of methoxy groups -OCH3 is 1. The monoisotopic (exact) mass is 488 g/mol. The molecule has 1 aromatic heterocycles. The van der Waals surface area contributed by atoms with E-state index in [0.29, 0.717) is 44.6 Å². The van der Waals surface area contributed by atoms with Crippen LogP contribution < -0.4 is 10.1 Å². The Kier molecular flexibility index (Phi) is 6.20. The molecule has 188 valence electrons. The van der Waals surface area contributed by atoms with E-state index in [1.54, 1.807) is 7.11 Å². The number of piperidine rings is 1. The van der Waals surface area contributed by atoms with E-state index in [0.717, 1.165) is 22.2 Å². The molecule has 3 aromatic rings. The van der Waals surface area contributed by atoms with Crippen LogP contribution in [0.15, 0.2) is 54.6 Å². The largest absolute Gasteiger partial charge is 0.497 e. The number of fused-ring (bicyclic) bond motifs is 1. The zero-order chi connectivity index (χ0) is 25.4. The normalized spacial score (nSPS) is 20.8. The van der Waals surface area contributed by atoms with Gasteiger partial charge in [0, 0.05) is 37.6 Å². The molecule has 0 radical (unpaired) electrons. The summed E-state index contributed by atoms with van der Waals surface area (Å²) in [7, 11) is 3.53. The number of ether oxygens (including phenoxy) is 1. The molecule has 2 aromatic carbocycles. The van der Waals surface area contributed by atoms with E-state index in [2.05, 4.69) is 5.32 Å². The van der Waals surface area contributed by atoms with Gasteiger partial charge in [-0.3, -0.25) is 14.5 Å². The number of imide groups is 1. The first-order valence-corrected chi connectivity index (χ1v) is 12.4. The summed E-state index contributed by atoms with van der Waals surface area (Å²) in [5, 5.41) is 4.01. The highest BCUT2D eigenvalue weighted by Gasteiger charge is 2.52. The van der Waals surface area contributed by atoms with Crippen LogP contribution in [0.4, 0.5) is 4.79 Å². The van der Waals surface area contributed by atoms with E-state index in [4.69, 9.17) is 4.74 Å². The molecule has 8 nitrogen and oxygen atoms in total. The van der Waals surface area contributed by atoms with Crippen molar-refractivity contribution in [1.29, 1.82) is 0 Å². The van der Waals surface area contributed by atoms with Crippen LogP contribution in [0.2, 0.25) is 0 Å². The van der Waals surface area contributed by atoms with Gasteiger partial charge in [-0.05, 0) is 61.9 Å². The summed E-state index contributed by atoms with van der Waals surface area (Å²) in [4.78, 5) is 42.6. The molecule has 2 aliphatic heterocycles. The van der Waals surface area contributed by atoms with Crippen molar-refractivity contribution in [2.24, 2.45) is 13.0 Å². The average Bonchev–Trinajstić information content (AvgIpc) is 3.35. The van der Waals surface area contributed by atoms with Gasteiger partial charge in [-0.15, -0.1) is 0 Å². The second-order valence-electron chi connectivity index (χ2n) is 9.90. The van der Waals surface area contributed by atoms with Crippen molar-refractivity contribution >= 4 is 28.7 Å². The van der Waals surface area contributed by atoms with Crippen molar-refractivity contribution in [2.45, 2.75) is 31.7 Å². The highest BCUT2D eigenvalue weighted by atomic mass is 16.5. The van der Waals surface area contributed by atoms with Crippen LogP contribution in [0, 0.1) is 5.92 Å². The van der Waals surface area contributed by atoms with Gasteiger partial charge < -0.3 is 19.5 Å². The second kappa shape index (κ2) is 9.33. The number of likely N-dealkylation sites (tertiary alicyclic amines) is 1. The van der Waals surface area contributed by atoms with E-state index < -0.39 is 5.54 Å². The fourth-order valence-electron chi connectivity index (χ4n) is 5.54. The first kappa shape index (κ1) is 23.9. The van der Waals surface area contributed by atoms with Gasteiger partial charge in [0.15, 0.2) is 0 Å². The highest BCUT2D eigenvalue weighted by molar-refractivity contribution is 6.07. The van der Waals surface area contributed by atoms with Gasteiger partial charge in [0.05, 0.1) is 7.11 Å². The Bertz CT molecular complexity index is 1310. The number of hydrogen-bond acceptors (Lipinski definition) is 4. The number of urea groups is 1. The van der Waals surface area contributed by atoms with Crippen LogP contribution in [0.25, 0.3) is 10.9 Å². The molecule has 1 N–H and O–H groups in total. The molecule has 0 saturated carbocycles. The van der Waals surface area contributed by atoms with Crippen molar-refractivity contribution in [3.8, 4) is 5.75 Å². The Morgan fingerprint density at radius 1 is 1.08 bits per heavy atom. The molecular formula is C28H32N4O4. The first-order valence-electron chi connectivity index (χ1n) is 12.4. The minimum Gasteiger partial charge on any atom is -0.497 e. The number of para-hydroxylation sites is 1. The quantitative estimate of drug-likeness (QED) is 0.538. The maximum Gasteiger partial charge on any atom is 0.325 e. The molecule has 8 heteroatoms. The Labute approximate surface area is 210 Å². The second-order valence-corrected chi connectivity index (χ2v) is 9.90. The third kappa shape index (κ3) is 4.10. The molecule has 0 aliphatic carbocycles. The molecular weight excluding hydrogens is 456 g/mol. The molecule has 5 rings (SSSR count). The Balaban J connectivity index is 1.22. The van der Waals surface area contributed by atoms with Crippen LogP contribution in [-0.2, 0) is 18.3 Å². The average molecular weight is 489 g/mol. The summed E-state index contributed by atoms with van der Waals surface area (Å²) in [6, 6.07) is 17.2. The van der Waals surface area contributed by atoms with Gasteiger partial charge in [-0.25, -0.2) is 4.79 Å². The van der Waals surface area contributed by atoms with E-state index >= 15 is 0 Å². The SMILES string of the molecule is COc1ccc(CCN2C(=O)NC(C)(C3CCN(C(=O)c4cc5ccccc5n4C)CC3)C2=O)cc1. The number of amides is 4. The van der Waals surface area contributed by atoms with Crippen molar-refractivity contribution < 1.29 is 19.1 Å². The number of nitrogens with zero attached hydrogens (tertiary/aromatic N) is 3. The summed E-state index contributed by atoms with van der Waals surface area (Å²) in [5.41, 5.74) is 1.77. The smallest absolute Gasteiger partial charge is 0.325 e. The molecule has 36 heavy (non-hydrogen) atoms. The van der Waals surface area contributed by atoms with Crippen molar-refractivity contribution in [3.05, 3.63) is 65.9 Å². The Morgan fingerprint density at radius 2 is 1.78 bits per heavy atom. The molecule has 1 unspecified atom stereocenters. The molecule has 0 spiro atoms. The molecule has 1 atom stereocenters. The number of aryl methyl sites for hydroxylation is 1. The number of hydrogen-bond donors (Lipinski definition) is 1. The fraction of sp³-hybridized carbons (Fsp3) is 0.393. The molecule has 4 amide bonds. The lowest BCUT2D eigenvalue weighted by atomic mass is 9.79. The van der Waals surface area contributed by atoms with E-state index in [-0.39, 0.29) is 23.8 Å². The number of rotatable bonds is 6. The summed E-state index contributed by atoms with van der Waals surface area (Å²) in [5.74, 6) is 0.558. The fourth-order valence-corrected chi connectivity index (χ4v) is 5.54. The molecule has 2 fully saturated rings. The number of carbonyl (C=O) groups is 3. The molecule has 3 heterocycles. The maximum absolute atomic E-state index is 13.4. The third-order valence-electron chi connectivity index (χ3n) is 7.85. The minimum atomic E-state index is -0.953. The zero-order valence-corrected chi connectivity index (χ0v) is 21.0. The zero-order valence-electron chi connectivity index (χ0n) is 21.0. The number of carbonyl (C=O) groups excluding carboxylic acids is 3. The van der Waals surface area contributed by atoms with Crippen molar-refractivity contribution in [1.82, 2.24) is 19.7 Å². The highest BCUT2D eigenvalue weighted by Crippen LogP contribution is 2.34. The standard InChI is InChI=1S/C28H32N4O4/c1-28(26(34)32(27(35)29-28)17-12-19-8-10-22(36-3)11-9-19)21-13-15-31(16-14-21)25(33)24-18-20-6-4-5-7-23(20)30(24)2/h4-11,18,21H,12-17H2,1-3H3,(H,29,35).